The Morgan fingerprint density at radius 2 is 1.83 bits per heavy atom. The van der Waals surface area contributed by atoms with E-state index in [9.17, 15) is 14.9 Å². The number of halogens is 1. The van der Waals surface area contributed by atoms with Crippen LogP contribution in [0.1, 0.15) is 30.5 Å². The number of hydrogen-bond donors (Lipinski definition) is 0. The third kappa shape index (κ3) is 4.83. The van der Waals surface area contributed by atoms with Crippen molar-refractivity contribution in [2.75, 3.05) is 0 Å². The van der Waals surface area contributed by atoms with Crippen LogP contribution < -0.4 is 4.74 Å². The van der Waals surface area contributed by atoms with E-state index in [1.54, 1.807) is 41.9 Å². The number of nitriles is 1. The van der Waals surface area contributed by atoms with E-state index in [2.05, 4.69) is 6.07 Å². The molecule has 2 aliphatic rings. The first-order valence-corrected chi connectivity index (χ1v) is 13.6. The highest BCUT2D eigenvalue weighted by Crippen LogP contribution is 2.36. The van der Waals surface area contributed by atoms with Crippen LogP contribution in [0, 0.1) is 11.3 Å². The predicted octanol–water partition coefficient (Wildman–Crippen LogP) is 6.31. The smallest absolute Gasteiger partial charge is 0.271 e. The summed E-state index contributed by atoms with van der Waals surface area (Å²) >= 11 is 6.34. The van der Waals surface area contributed by atoms with Crippen LogP contribution in [-0.2, 0) is 22.6 Å². The first-order valence-electron chi connectivity index (χ1n) is 13.2. The number of carbonyl (C=O) groups excluding carboxylic acids is 2. The lowest BCUT2D eigenvalue weighted by Crippen LogP contribution is -2.42. The zero-order valence-corrected chi connectivity index (χ0v) is 23.2. The molecule has 2 aliphatic heterocycles. The Labute approximate surface area is 242 Å². The zero-order valence-electron chi connectivity index (χ0n) is 22.5. The van der Waals surface area contributed by atoms with Gasteiger partial charge in [0.15, 0.2) is 0 Å². The molecule has 1 aromatic heterocycles. The van der Waals surface area contributed by atoms with Crippen molar-refractivity contribution >= 4 is 29.5 Å². The van der Waals surface area contributed by atoms with Crippen LogP contribution in [0.5, 0.6) is 5.75 Å². The summed E-state index contributed by atoms with van der Waals surface area (Å²) in [5.41, 5.74) is 5.26. The topological polar surface area (TPSA) is 88.2 Å². The molecule has 202 valence electrons. The average molecular weight is 561 g/mol. The number of imide groups is 1. The van der Waals surface area contributed by atoms with E-state index in [1.165, 1.54) is 0 Å². The van der Waals surface area contributed by atoms with E-state index < -0.39 is 11.8 Å². The van der Waals surface area contributed by atoms with E-state index in [1.807, 2.05) is 61.7 Å². The summed E-state index contributed by atoms with van der Waals surface area (Å²) < 4.78 is 7.65. The third-order valence-electron chi connectivity index (χ3n) is 7.34. The maximum absolute atomic E-state index is 13.8. The molecule has 4 aromatic rings. The summed E-state index contributed by atoms with van der Waals surface area (Å²) in [6.07, 6.45) is 4.47. The maximum Gasteiger partial charge on any atom is 0.271 e. The molecule has 0 spiro atoms. The second kappa shape index (κ2) is 10.6. The van der Waals surface area contributed by atoms with E-state index >= 15 is 0 Å². The number of benzene rings is 3. The van der Waals surface area contributed by atoms with Gasteiger partial charge in [-0.15, -0.1) is 0 Å². The fraction of sp³-hybridized carbons (Fsp3) is 0.152. The van der Waals surface area contributed by atoms with Gasteiger partial charge in [0, 0.05) is 34.3 Å². The molecule has 0 saturated heterocycles. The fourth-order valence-corrected chi connectivity index (χ4v) is 5.42. The Bertz CT molecular complexity index is 1810. The van der Waals surface area contributed by atoms with Crippen molar-refractivity contribution in [2.24, 2.45) is 0 Å². The summed E-state index contributed by atoms with van der Waals surface area (Å²) in [5.74, 6) is -0.279. The van der Waals surface area contributed by atoms with Crippen molar-refractivity contribution in [1.82, 2.24) is 14.7 Å². The zero-order chi connectivity index (χ0) is 28.7. The van der Waals surface area contributed by atoms with Gasteiger partial charge in [-0.1, -0.05) is 48.0 Å². The number of rotatable bonds is 5. The first-order chi connectivity index (χ1) is 19.8. The summed E-state index contributed by atoms with van der Waals surface area (Å²) in [4.78, 5) is 28.2. The molecule has 0 fully saturated rings. The van der Waals surface area contributed by atoms with E-state index in [-0.39, 0.29) is 23.8 Å². The fourth-order valence-electron chi connectivity index (χ4n) is 5.23. The van der Waals surface area contributed by atoms with E-state index in [0.717, 1.165) is 33.9 Å². The Morgan fingerprint density at radius 1 is 1.07 bits per heavy atom. The van der Waals surface area contributed by atoms with Crippen molar-refractivity contribution in [2.45, 2.75) is 32.9 Å². The quantitative estimate of drug-likeness (QED) is 0.211. The van der Waals surface area contributed by atoms with Gasteiger partial charge in [0.05, 0.1) is 17.9 Å². The van der Waals surface area contributed by atoms with Crippen molar-refractivity contribution in [3.8, 4) is 28.8 Å². The molecule has 6 rings (SSSR count). The Morgan fingerprint density at radius 3 is 2.59 bits per heavy atom. The van der Waals surface area contributed by atoms with Crippen LogP contribution in [-0.4, -0.2) is 32.6 Å². The van der Waals surface area contributed by atoms with Crippen molar-refractivity contribution in [3.05, 3.63) is 117 Å². The second-order valence-electron chi connectivity index (χ2n) is 10.1. The predicted molar refractivity (Wildman–Crippen MR) is 156 cm³/mol. The number of ether oxygens (including phenoxy) is 1. The Hall–Kier alpha value is -4.93. The summed E-state index contributed by atoms with van der Waals surface area (Å²) in [6.45, 7) is 3.61. The lowest BCUT2D eigenvalue weighted by atomic mass is 9.92. The molecule has 7 nitrogen and oxygen atoms in total. The molecule has 0 radical (unpaired) electrons. The van der Waals surface area contributed by atoms with E-state index in [4.69, 9.17) is 21.4 Å². The molecule has 2 amide bonds. The van der Waals surface area contributed by atoms with Crippen molar-refractivity contribution in [1.29, 1.82) is 5.26 Å². The SMILES string of the molecule is CC1=C(C#N)C(=O)N(Cc2ccccc2Cl)C(=O)/C1=C/c1cn(-c2ccccc2)nc1-c1ccc2c(c1)CC(C)O2. The average Bonchev–Trinajstić information content (AvgIpc) is 3.57. The highest BCUT2D eigenvalue weighted by atomic mass is 35.5. The van der Waals surface area contributed by atoms with Crippen molar-refractivity contribution < 1.29 is 14.3 Å². The molecular weight excluding hydrogens is 536 g/mol. The second-order valence-corrected chi connectivity index (χ2v) is 10.5. The van der Waals surface area contributed by atoms with Gasteiger partial charge in [-0.3, -0.25) is 14.5 Å². The number of nitrogens with zero attached hydrogens (tertiary/aromatic N) is 4. The number of hydrogen-bond acceptors (Lipinski definition) is 5. The lowest BCUT2D eigenvalue weighted by Gasteiger charge is -2.27. The van der Waals surface area contributed by atoms with Crippen LogP contribution in [0.15, 0.2) is 95.7 Å². The summed E-state index contributed by atoms with van der Waals surface area (Å²) in [5, 5.41) is 15.2. The number of carbonyl (C=O) groups is 2. The van der Waals surface area contributed by atoms with E-state index in [0.29, 0.717) is 27.4 Å². The van der Waals surface area contributed by atoms with Crippen LogP contribution in [0.4, 0.5) is 0 Å². The highest BCUT2D eigenvalue weighted by molar-refractivity contribution is 6.31. The standard InChI is InChI=1S/C33H25ClN4O3/c1-20-14-24-15-22(12-13-30(24)41-20)31-25(19-38(36-31)26-9-4-3-5-10-26)16-27-21(2)28(17-35)33(40)37(32(27)39)18-23-8-6-7-11-29(23)34/h3-13,15-16,19-20H,14,18H2,1-2H3/b27-16+. The highest BCUT2D eigenvalue weighted by Gasteiger charge is 2.36. The normalized spacial score (nSPS) is 17.6. The van der Waals surface area contributed by atoms with Gasteiger partial charge in [0.2, 0.25) is 0 Å². The monoisotopic (exact) mass is 560 g/mol. The molecule has 0 saturated carbocycles. The van der Waals surface area contributed by atoms with Gasteiger partial charge in [0.1, 0.15) is 23.5 Å². The minimum absolute atomic E-state index is 0.0493. The van der Waals surface area contributed by atoms with Gasteiger partial charge in [0.25, 0.3) is 11.8 Å². The van der Waals surface area contributed by atoms with Crippen molar-refractivity contribution in [3.63, 3.8) is 0 Å². The van der Waals surface area contributed by atoms with Gasteiger partial charge in [-0.25, -0.2) is 4.68 Å². The molecular formula is C33H25ClN4O3. The van der Waals surface area contributed by atoms with Gasteiger partial charge >= 0.3 is 0 Å². The minimum atomic E-state index is -0.639. The summed E-state index contributed by atoms with van der Waals surface area (Å²) in [7, 11) is 0. The lowest BCUT2D eigenvalue weighted by molar-refractivity contribution is -0.141. The summed E-state index contributed by atoms with van der Waals surface area (Å²) in [6, 6.07) is 24.7. The van der Waals surface area contributed by atoms with Gasteiger partial charge in [-0.05, 0) is 73.0 Å². The molecule has 3 heterocycles. The molecule has 41 heavy (non-hydrogen) atoms. The largest absolute Gasteiger partial charge is 0.490 e. The molecule has 3 aromatic carbocycles. The van der Waals surface area contributed by atoms with Gasteiger partial charge < -0.3 is 4.74 Å². The molecule has 1 atom stereocenters. The van der Waals surface area contributed by atoms with Crippen LogP contribution in [0.3, 0.4) is 0 Å². The number of para-hydroxylation sites is 1. The number of aromatic nitrogens is 2. The minimum Gasteiger partial charge on any atom is -0.490 e. The molecule has 8 heteroatoms. The molecule has 0 N–H and O–H groups in total. The molecule has 1 unspecified atom stereocenters. The Balaban J connectivity index is 1.49. The molecule has 0 aliphatic carbocycles. The van der Waals surface area contributed by atoms with Crippen LogP contribution in [0.2, 0.25) is 5.02 Å². The van der Waals surface area contributed by atoms with Crippen LogP contribution in [0.25, 0.3) is 23.0 Å². The molecule has 0 bridgehead atoms. The Kier molecular flexibility index (Phi) is 6.78. The third-order valence-corrected chi connectivity index (χ3v) is 7.71. The number of amides is 2. The van der Waals surface area contributed by atoms with Crippen LogP contribution >= 0.6 is 11.6 Å². The number of fused-ring (bicyclic) bond motifs is 1. The maximum atomic E-state index is 13.8. The van der Waals surface area contributed by atoms with Gasteiger partial charge in [-0.2, -0.15) is 10.4 Å². The first kappa shape index (κ1) is 26.3.